The summed E-state index contributed by atoms with van der Waals surface area (Å²) >= 11 is 0. The molecule has 1 aromatic carbocycles. The van der Waals surface area contributed by atoms with Gasteiger partial charge >= 0.3 is 0 Å². The summed E-state index contributed by atoms with van der Waals surface area (Å²) in [4.78, 5) is 7.98. The molecule has 0 bridgehead atoms. The van der Waals surface area contributed by atoms with Crippen LogP contribution in [0.1, 0.15) is 19.9 Å². The predicted molar refractivity (Wildman–Crippen MR) is 92.1 cm³/mol. The van der Waals surface area contributed by atoms with Crippen LogP contribution in [-0.4, -0.2) is 34.4 Å². The molecule has 130 valence electrons. The molecule has 0 aliphatic heterocycles. The third-order valence-corrected chi connectivity index (χ3v) is 4.48. The van der Waals surface area contributed by atoms with Crippen LogP contribution in [0.3, 0.4) is 0 Å². The van der Waals surface area contributed by atoms with E-state index < -0.39 is 9.84 Å². The Morgan fingerprint density at radius 3 is 2.40 bits per heavy atom. The zero-order valence-corrected chi connectivity index (χ0v) is 14.8. The zero-order valence-electron chi connectivity index (χ0n) is 14.0. The van der Waals surface area contributed by atoms with E-state index in [1.807, 2.05) is 13.8 Å². The Hall–Kier alpha value is -2.61. The zero-order chi connectivity index (χ0) is 18.2. The second-order valence-electron chi connectivity index (χ2n) is 5.97. The van der Waals surface area contributed by atoms with Crippen molar-refractivity contribution in [1.29, 1.82) is 0 Å². The second-order valence-corrected chi connectivity index (χ2v) is 7.88. The molecule has 0 N–H and O–H groups in total. The average molecular weight is 360 g/mol. The Kier molecular flexibility index (Phi) is 4.38. The van der Waals surface area contributed by atoms with Crippen LogP contribution in [0.5, 0.6) is 0 Å². The normalized spacial score (nSPS) is 11.9. The highest BCUT2D eigenvalue weighted by Crippen LogP contribution is 2.31. The van der Waals surface area contributed by atoms with E-state index in [1.165, 1.54) is 18.3 Å². The molecule has 0 saturated heterocycles. The van der Waals surface area contributed by atoms with Crippen molar-refractivity contribution in [2.45, 2.75) is 25.0 Å². The van der Waals surface area contributed by atoms with Gasteiger partial charge in [0.25, 0.3) is 0 Å². The molecule has 3 aromatic rings. The maximum Gasteiger partial charge on any atom is 0.247 e. The van der Waals surface area contributed by atoms with Crippen molar-refractivity contribution in [3.05, 3.63) is 48.5 Å². The van der Waals surface area contributed by atoms with E-state index >= 15 is 0 Å². The van der Waals surface area contributed by atoms with Crippen LogP contribution in [0.2, 0.25) is 0 Å². The van der Waals surface area contributed by atoms with Crippen LogP contribution in [0.4, 0.5) is 4.39 Å². The summed E-state index contributed by atoms with van der Waals surface area (Å²) in [6.07, 6.45) is 4.27. The van der Waals surface area contributed by atoms with E-state index in [-0.39, 0.29) is 17.0 Å². The van der Waals surface area contributed by atoms with Crippen molar-refractivity contribution in [1.82, 2.24) is 19.7 Å². The average Bonchev–Trinajstić information content (AvgIpc) is 3.00. The molecule has 6 nitrogen and oxygen atoms in total. The summed E-state index contributed by atoms with van der Waals surface area (Å²) in [6, 6.07) is 7.70. The lowest BCUT2D eigenvalue weighted by Crippen LogP contribution is -2.04. The van der Waals surface area contributed by atoms with Crippen LogP contribution in [0, 0.1) is 5.82 Å². The molecule has 2 aromatic heterocycles. The largest absolute Gasteiger partial charge is 0.269 e. The summed E-state index contributed by atoms with van der Waals surface area (Å²) < 4.78 is 38.5. The first kappa shape index (κ1) is 17.2. The topological polar surface area (TPSA) is 77.7 Å². The van der Waals surface area contributed by atoms with Crippen LogP contribution in [0.25, 0.3) is 22.5 Å². The third kappa shape index (κ3) is 3.58. The molecule has 0 radical (unpaired) electrons. The highest BCUT2D eigenvalue weighted by Gasteiger charge is 2.18. The molecule has 0 fully saturated rings. The predicted octanol–water partition coefficient (Wildman–Crippen LogP) is 3.13. The van der Waals surface area contributed by atoms with Crippen molar-refractivity contribution in [2.24, 2.45) is 0 Å². The number of halogens is 1. The fraction of sp³-hybridized carbons (Fsp3) is 0.235. The summed E-state index contributed by atoms with van der Waals surface area (Å²) in [7, 11) is -3.52. The van der Waals surface area contributed by atoms with Crippen molar-refractivity contribution in [3.8, 4) is 22.5 Å². The standard InChI is InChI=1S/C17H17FN4O2S/c1-11(2)22-10-14(15-8-9-19-17(20-15)25(3,23)24)16(21-22)12-4-6-13(18)7-5-12/h4-11H,1-3H3. The molecule has 0 unspecified atom stereocenters. The van der Waals surface area contributed by atoms with Gasteiger partial charge in [-0.05, 0) is 44.2 Å². The minimum atomic E-state index is -3.52. The maximum atomic E-state index is 13.2. The second kappa shape index (κ2) is 6.36. The van der Waals surface area contributed by atoms with Gasteiger partial charge in [0.1, 0.15) is 11.5 Å². The molecule has 3 rings (SSSR count). The fourth-order valence-electron chi connectivity index (χ4n) is 2.33. The lowest BCUT2D eigenvalue weighted by Gasteiger charge is -2.04. The first-order chi connectivity index (χ1) is 11.8. The molecule has 0 aliphatic rings. The molecule has 0 amide bonds. The van der Waals surface area contributed by atoms with E-state index in [1.54, 1.807) is 29.1 Å². The Bertz CT molecular complexity index is 1010. The van der Waals surface area contributed by atoms with Gasteiger partial charge in [0.2, 0.25) is 15.0 Å². The van der Waals surface area contributed by atoms with Gasteiger partial charge in [0.05, 0.1) is 5.69 Å². The summed E-state index contributed by atoms with van der Waals surface area (Å²) in [5, 5.41) is 4.32. The number of sulfone groups is 1. The first-order valence-corrected chi connectivity index (χ1v) is 9.53. The minimum absolute atomic E-state index is 0.101. The number of nitrogens with zero attached hydrogens (tertiary/aromatic N) is 4. The molecule has 0 spiro atoms. The lowest BCUT2D eigenvalue weighted by atomic mass is 10.1. The Balaban J connectivity index is 2.20. The Morgan fingerprint density at radius 2 is 1.80 bits per heavy atom. The van der Waals surface area contributed by atoms with Gasteiger partial charge < -0.3 is 0 Å². The van der Waals surface area contributed by atoms with Gasteiger partial charge in [-0.25, -0.2) is 22.8 Å². The summed E-state index contributed by atoms with van der Waals surface area (Å²) in [5.74, 6) is -0.338. The molecule has 2 heterocycles. The molecule has 8 heteroatoms. The van der Waals surface area contributed by atoms with E-state index in [4.69, 9.17) is 0 Å². The van der Waals surface area contributed by atoms with Gasteiger partial charge in [-0.15, -0.1) is 0 Å². The van der Waals surface area contributed by atoms with Crippen LogP contribution in [0.15, 0.2) is 47.9 Å². The SMILES string of the molecule is CC(C)n1cc(-c2ccnc(S(C)(=O)=O)n2)c(-c2ccc(F)cc2)n1. The van der Waals surface area contributed by atoms with Gasteiger partial charge in [-0.2, -0.15) is 5.10 Å². The van der Waals surface area contributed by atoms with Crippen molar-refractivity contribution in [2.75, 3.05) is 6.26 Å². The van der Waals surface area contributed by atoms with E-state index in [2.05, 4.69) is 15.1 Å². The molecule has 0 aliphatic carbocycles. The molecule has 0 saturated carbocycles. The number of aromatic nitrogens is 4. The molecular weight excluding hydrogens is 343 g/mol. The Morgan fingerprint density at radius 1 is 1.12 bits per heavy atom. The van der Waals surface area contributed by atoms with Gasteiger partial charge in [-0.1, -0.05) is 0 Å². The van der Waals surface area contributed by atoms with E-state index in [0.717, 1.165) is 11.8 Å². The maximum absolute atomic E-state index is 13.2. The smallest absolute Gasteiger partial charge is 0.247 e. The summed E-state index contributed by atoms with van der Waals surface area (Å²) in [5.41, 5.74) is 2.43. The number of rotatable bonds is 4. The van der Waals surface area contributed by atoms with Gasteiger partial charge in [0, 0.05) is 35.8 Å². The van der Waals surface area contributed by atoms with Crippen molar-refractivity contribution >= 4 is 9.84 Å². The molecular formula is C17H17FN4O2S. The highest BCUT2D eigenvalue weighted by molar-refractivity contribution is 7.90. The quantitative estimate of drug-likeness (QED) is 0.668. The third-order valence-electron chi connectivity index (χ3n) is 3.62. The lowest BCUT2D eigenvalue weighted by molar-refractivity contribution is 0.534. The minimum Gasteiger partial charge on any atom is -0.269 e. The van der Waals surface area contributed by atoms with Crippen molar-refractivity contribution < 1.29 is 12.8 Å². The fourth-order valence-corrected chi connectivity index (χ4v) is 2.85. The van der Waals surface area contributed by atoms with E-state index in [0.29, 0.717) is 17.0 Å². The molecule has 25 heavy (non-hydrogen) atoms. The number of hydrogen-bond donors (Lipinski definition) is 0. The first-order valence-electron chi connectivity index (χ1n) is 7.64. The number of hydrogen-bond acceptors (Lipinski definition) is 5. The Labute approximate surface area is 145 Å². The molecule has 0 atom stereocenters. The van der Waals surface area contributed by atoms with Crippen LogP contribution >= 0.6 is 0 Å². The van der Waals surface area contributed by atoms with Crippen LogP contribution < -0.4 is 0 Å². The van der Waals surface area contributed by atoms with Crippen molar-refractivity contribution in [3.63, 3.8) is 0 Å². The summed E-state index contributed by atoms with van der Waals surface area (Å²) in [6.45, 7) is 3.96. The highest BCUT2D eigenvalue weighted by atomic mass is 32.2. The van der Waals surface area contributed by atoms with Gasteiger partial charge in [0.15, 0.2) is 0 Å². The number of benzene rings is 1. The van der Waals surface area contributed by atoms with E-state index in [9.17, 15) is 12.8 Å². The van der Waals surface area contributed by atoms with Crippen LogP contribution in [-0.2, 0) is 9.84 Å². The van der Waals surface area contributed by atoms with Gasteiger partial charge in [-0.3, -0.25) is 4.68 Å². The monoisotopic (exact) mass is 360 g/mol.